The van der Waals surface area contributed by atoms with Crippen molar-refractivity contribution in [1.82, 2.24) is 10.0 Å². The van der Waals surface area contributed by atoms with Gasteiger partial charge >= 0.3 is 0 Å². The number of carbonyl (C=O) groups is 1. The molecule has 120 valence electrons. The SMILES string of the molecule is CCCC(=O)N([C@H]1C[C@H](C)C(C#N)(C#N)C1(C#N)C#N)N(C)C. The van der Waals surface area contributed by atoms with Gasteiger partial charge in [0.2, 0.25) is 5.91 Å². The number of rotatable bonds is 4. The van der Waals surface area contributed by atoms with Crippen molar-refractivity contribution in [3.8, 4) is 24.3 Å². The number of hydrogen-bond acceptors (Lipinski definition) is 6. The molecule has 0 aromatic rings. The fourth-order valence-corrected chi connectivity index (χ4v) is 3.40. The van der Waals surface area contributed by atoms with Crippen LogP contribution in [0.5, 0.6) is 0 Å². The third-order valence-electron chi connectivity index (χ3n) is 4.59. The Morgan fingerprint density at radius 2 is 1.57 bits per heavy atom. The molecule has 1 saturated carbocycles. The molecule has 2 atom stereocenters. The fraction of sp³-hybridized carbons (Fsp3) is 0.688. The zero-order valence-electron chi connectivity index (χ0n) is 13.9. The Kier molecular flexibility index (Phi) is 5.34. The molecule has 0 spiro atoms. The molecule has 1 amide bonds. The molecule has 0 aromatic carbocycles. The van der Waals surface area contributed by atoms with E-state index >= 15 is 0 Å². The molecule has 7 nitrogen and oxygen atoms in total. The van der Waals surface area contributed by atoms with Gasteiger partial charge in [0.1, 0.15) is 0 Å². The van der Waals surface area contributed by atoms with Gasteiger partial charge < -0.3 is 0 Å². The van der Waals surface area contributed by atoms with E-state index in [4.69, 9.17) is 0 Å². The van der Waals surface area contributed by atoms with Crippen molar-refractivity contribution in [3.05, 3.63) is 0 Å². The summed E-state index contributed by atoms with van der Waals surface area (Å²) in [4.78, 5) is 12.5. The molecule has 1 fully saturated rings. The predicted octanol–water partition coefficient (Wildman–Crippen LogP) is 1.57. The summed E-state index contributed by atoms with van der Waals surface area (Å²) in [6.45, 7) is 3.54. The second-order valence-electron chi connectivity index (χ2n) is 6.05. The van der Waals surface area contributed by atoms with Gasteiger partial charge in [0, 0.05) is 20.5 Å². The van der Waals surface area contributed by atoms with Gasteiger partial charge in [0.15, 0.2) is 10.8 Å². The van der Waals surface area contributed by atoms with Crippen LogP contribution in [0.1, 0.15) is 33.1 Å². The molecule has 0 N–H and O–H groups in total. The van der Waals surface area contributed by atoms with Crippen LogP contribution in [0.15, 0.2) is 0 Å². The van der Waals surface area contributed by atoms with Gasteiger partial charge in [-0.2, -0.15) is 21.0 Å². The Morgan fingerprint density at radius 1 is 1.09 bits per heavy atom. The van der Waals surface area contributed by atoms with E-state index in [-0.39, 0.29) is 18.7 Å². The average Bonchev–Trinajstić information content (AvgIpc) is 2.76. The van der Waals surface area contributed by atoms with Crippen molar-refractivity contribution < 1.29 is 4.79 Å². The maximum atomic E-state index is 12.5. The molecular weight excluding hydrogens is 292 g/mol. The number of hydrazine groups is 1. The van der Waals surface area contributed by atoms with E-state index in [9.17, 15) is 25.8 Å². The van der Waals surface area contributed by atoms with Gasteiger partial charge in [0.05, 0.1) is 30.3 Å². The van der Waals surface area contributed by atoms with E-state index in [1.54, 1.807) is 21.0 Å². The average molecular weight is 312 g/mol. The molecule has 0 aromatic heterocycles. The van der Waals surface area contributed by atoms with E-state index in [2.05, 4.69) is 0 Å². The summed E-state index contributed by atoms with van der Waals surface area (Å²) < 4.78 is 0. The zero-order valence-corrected chi connectivity index (χ0v) is 13.9. The number of hydrogen-bond donors (Lipinski definition) is 0. The highest BCUT2D eigenvalue weighted by atomic mass is 16.2. The Balaban J connectivity index is 3.57. The minimum atomic E-state index is -1.89. The van der Waals surface area contributed by atoms with Crippen molar-refractivity contribution in [1.29, 1.82) is 21.0 Å². The fourth-order valence-electron chi connectivity index (χ4n) is 3.40. The van der Waals surface area contributed by atoms with Crippen LogP contribution in [0.3, 0.4) is 0 Å². The molecule has 0 radical (unpaired) electrons. The maximum absolute atomic E-state index is 12.5. The lowest BCUT2D eigenvalue weighted by molar-refractivity contribution is -0.153. The Bertz CT molecular complexity index is 613. The normalized spacial score (nSPS) is 24.0. The van der Waals surface area contributed by atoms with Gasteiger partial charge in [-0.1, -0.05) is 13.8 Å². The summed E-state index contributed by atoms with van der Waals surface area (Å²) in [5.41, 5.74) is -3.65. The van der Waals surface area contributed by atoms with Crippen molar-refractivity contribution >= 4 is 5.91 Å². The Labute approximate surface area is 136 Å². The van der Waals surface area contributed by atoms with Crippen molar-refractivity contribution in [2.75, 3.05) is 14.1 Å². The molecular formula is C16H20N6O. The van der Waals surface area contributed by atoms with Gasteiger partial charge in [-0.05, 0) is 18.8 Å². The first-order valence-corrected chi connectivity index (χ1v) is 7.46. The third-order valence-corrected chi connectivity index (χ3v) is 4.59. The van der Waals surface area contributed by atoms with E-state index in [0.717, 1.165) is 0 Å². The van der Waals surface area contributed by atoms with Gasteiger partial charge in [-0.25, -0.2) is 5.01 Å². The van der Waals surface area contributed by atoms with Crippen molar-refractivity contribution in [2.24, 2.45) is 16.7 Å². The standard InChI is InChI=1S/C16H20N6O/c1-5-6-14(23)22(21(3)4)13-7-12(2)15(8-17,9-18)16(13,10-19)11-20/h12-13H,5-7H2,1-4H3/t12-,13-/m0/s1. The van der Waals surface area contributed by atoms with Crippen LogP contribution < -0.4 is 0 Å². The molecule has 1 aliphatic rings. The highest BCUT2D eigenvalue weighted by Gasteiger charge is 2.69. The maximum Gasteiger partial charge on any atom is 0.237 e. The lowest BCUT2D eigenvalue weighted by atomic mass is 9.64. The smallest absolute Gasteiger partial charge is 0.237 e. The number of amides is 1. The quantitative estimate of drug-likeness (QED) is 0.727. The molecule has 0 bridgehead atoms. The first-order chi connectivity index (χ1) is 10.8. The summed E-state index contributed by atoms with van der Waals surface area (Å²) in [5.74, 6) is -0.727. The summed E-state index contributed by atoms with van der Waals surface area (Å²) in [6.07, 6.45) is 1.14. The second-order valence-corrected chi connectivity index (χ2v) is 6.05. The topological polar surface area (TPSA) is 119 Å². The van der Waals surface area contributed by atoms with Crippen LogP contribution in [0.4, 0.5) is 0 Å². The van der Waals surface area contributed by atoms with Crippen LogP contribution in [0.25, 0.3) is 0 Å². The largest absolute Gasteiger partial charge is 0.273 e. The third kappa shape index (κ3) is 2.40. The first-order valence-electron chi connectivity index (χ1n) is 7.46. The second kappa shape index (κ2) is 6.66. The van der Waals surface area contributed by atoms with Crippen LogP contribution in [0, 0.1) is 62.1 Å². The summed E-state index contributed by atoms with van der Waals surface area (Å²) in [7, 11) is 3.30. The summed E-state index contributed by atoms with van der Waals surface area (Å²) >= 11 is 0. The van der Waals surface area contributed by atoms with Crippen molar-refractivity contribution in [2.45, 2.75) is 39.2 Å². The van der Waals surface area contributed by atoms with Gasteiger partial charge in [-0.3, -0.25) is 9.80 Å². The van der Waals surface area contributed by atoms with Crippen LogP contribution in [-0.4, -0.2) is 36.1 Å². The summed E-state index contributed by atoms with van der Waals surface area (Å²) in [6, 6.07) is 6.78. The highest BCUT2D eigenvalue weighted by molar-refractivity contribution is 5.76. The van der Waals surface area contributed by atoms with Gasteiger partial charge in [0.25, 0.3) is 0 Å². The van der Waals surface area contributed by atoms with E-state index in [1.807, 2.05) is 31.2 Å². The minimum Gasteiger partial charge on any atom is -0.273 e. The van der Waals surface area contributed by atoms with Crippen LogP contribution in [-0.2, 0) is 4.79 Å². The molecule has 0 aliphatic heterocycles. The number of nitriles is 4. The van der Waals surface area contributed by atoms with Crippen LogP contribution in [0.2, 0.25) is 0 Å². The highest BCUT2D eigenvalue weighted by Crippen LogP contribution is 2.57. The Morgan fingerprint density at radius 3 is 1.91 bits per heavy atom. The van der Waals surface area contributed by atoms with E-state index in [1.165, 1.54) is 10.0 Å². The molecule has 0 saturated heterocycles. The van der Waals surface area contributed by atoms with E-state index in [0.29, 0.717) is 6.42 Å². The first kappa shape index (κ1) is 18.4. The zero-order chi connectivity index (χ0) is 17.8. The molecule has 7 heteroatoms. The predicted molar refractivity (Wildman–Crippen MR) is 80.3 cm³/mol. The van der Waals surface area contributed by atoms with E-state index < -0.39 is 22.8 Å². The molecule has 1 rings (SSSR count). The molecule has 1 aliphatic carbocycles. The minimum absolute atomic E-state index is 0.226. The lowest BCUT2D eigenvalue weighted by Gasteiger charge is -2.39. The lowest BCUT2D eigenvalue weighted by Crippen LogP contribution is -2.56. The van der Waals surface area contributed by atoms with Crippen molar-refractivity contribution in [3.63, 3.8) is 0 Å². The molecule has 0 heterocycles. The van der Waals surface area contributed by atoms with Gasteiger partial charge in [-0.15, -0.1) is 0 Å². The summed E-state index contributed by atoms with van der Waals surface area (Å²) in [5, 5.41) is 41.5. The monoisotopic (exact) mass is 312 g/mol. The Hall–Kier alpha value is -2.61. The number of nitrogens with zero attached hydrogens (tertiary/aromatic N) is 6. The van der Waals surface area contributed by atoms with Crippen LogP contribution >= 0.6 is 0 Å². The molecule has 23 heavy (non-hydrogen) atoms. The number of carbonyl (C=O) groups excluding carboxylic acids is 1. The molecule has 0 unspecified atom stereocenters.